The molecule has 1 fully saturated rings. The van der Waals surface area contributed by atoms with Crippen LogP contribution in [0.15, 0.2) is 26.5 Å². The van der Waals surface area contributed by atoms with Crippen molar-refractivity contribution in [3.8, 4) is 0 Å². The Hall–Kier alpha value is -1.25. The van der Waals surface area contributed by atoms with E-state index < -0.39 is 5.03 Å². The first-order valence-electron chi connectivity index (χ1n) is 5.55. The van der Waals surface area contributed by atoms with Gasteiger partial charge in [0.2, 0.25) is 0 Å². The molecular formula is C10H13ClN4O3S. The van der Waals surface area contributed by atoms with Crippen LogP contribution in [0.4, 0.5) is 0 Å². The number of guanidine groups is 1. The van der Waals surface area contributed by atoms with Crippen LogP contribution in [-0.2, 0) is 4.74 Å². The van der Waals surface area contributed by atoms with Crippen LogP contribution in [0.25, 0.3) is 0 Å². The van der Waals surface area contributed by atoms with Gasteiger partial charge < -0.3 is 14.5 Å². The van der Waals surface area contributed by atoms with E-state index in [-0.39, 0.29) is 13.5 Å². The first kappa shape index (κ1) is 14.2. The largest absolute Gasteiger partial charge is 0.341 e. The van der Waals surface area contributed by atoms with Crippen LogP contribution >= 0.6 is 23.4 Å². The fraction of sp³-hybridized carbons (Fsp3) is 0.500. The van der Waals surface area contributed by atoms with E-state index in [2.05, 4.69) is 5.10 Å². The quantitative estimate of drug-likeness (QED) is 0.585. The number of nitrogens with zero attached hydrogens (tertiary/aromatic N) is 4. The van der Waals surface area contributed by atoms with Crippen molar-refractivity contribution in [1.29, 1.82) is 0 Å². The number of halogens is 1. The smallest absolute Gasteiger partial charge is 0.277 e. The van der Waals surface area contributed by atoms with Gasteiger partial charge in [-0.25, -0.2) is 10.1 Å². The summed E-state index contributed by atoms with van der Waals surface area (Å²) < 4.78 is 6.06. The molecule has 104 valence electrons. The number of rotatable bonds is 3. The molecule has 19 heavy (non-hydrogen) atoms. The molecule has 0 saturated carbocycles. The summed E-state index contributed by atoms with van der Waals surface area (Å²) in [7, 11) is 1.70. The zero-order valence-corrected chi connectivity index (χ0v) is 11.9. The van der Waals surface area contributed by atoms with E-state index in [0.717, 1.165) is 15.7 Å². The summed E-state index contributed by atoms with van der Waals surface area (Å²) in [5.41, 5.74) is 0. The Bertz CT molecular complexity index is 466. The maximum absolute atomic E-state index is 10.6. The molecule has 0 aromatic rings. The molecule has 2 rings (SSSR count). The zero-order chi connectivity index (χ0) is 13.8. The number of allylic oxidation sites excluding steroid dienone is 2. The minimum atomic E-state index is -0.695. The zero-order valence-electron chi connectivity index (χ0n) is 10.3. The van der Waals surface area contributed by atoms with E-state index in [1.54, 1.807) is 16.8 Å². The molecule has 0 N–H and O–H groups in total. The third kappa shape index (κ3) is 3.85. The monoisotopic (exact) mass is 304 g/mol. The molecule has 0 atom stereocenters. The number of ether oxygens (including phenoxy) is 1. The second-order valence-electron chi connectivity index (χ2n) is 4.01. The molecule has 0 unspecified atom stereocenters. The van der Waals surface area contributed by atoms with Crippen LogP contribution in [0.1, 0.15) is 6.42 Å². The Morgan fingerprint density at radius 3 is 3.05 bits per heavy atom. The minimum Gasteiger partial charge on any atom is -0.341 e. The number of thioether (sulfide) groups is 1. The summed E-state index contributed by atoms with van der Waals surface area (Å²) in [6, 6.07) is 0. The molecule has 0 radical (unpaired) electrons. The van der Waals surface area contributed by atoms with Gasteiger partial charge in [0.15, 0.2) is 5.03 Å². The van der Waals surface area contributed by atoms with Crippen molar-refractivity contribution >= 4 is 29.3 Å². The summed E-state index contributed by atoms with van der Waals surface area (Å²) in [4.78, 5) is 14.9. The van der Waals surface area contributed by atoms with E-state index in [1.807, 2.05) is 12.2 Å². The van der Waals surface area contributed by atoms with Gasteiger partial charge in [-0.15, -0.1) is 0 Å². The molecular weight excluding hydrogens is 292 g/mol. The molecule has 0 spiro atoms. The predicted molar refractivity (Wildman–Crippen MR) is 73.9 cm³/mol. The van der Waals surface area contributed by atoms with Gasteiger partial charge in [0, 0.05) is 12.0 Å². The topological polar surface area (TPSA) is 71.2 Å². The number of hydrogen-bond donors (Lipinski definition) is 0. The second kappa shape index (κ2) is 6.27. The van der Waals surface area contributed by atoms with Gasteiger partial charge in [-0.1, -0.05) is 35.5 Å². The first-order chi connectivity index (χ1) is 9.06. The fourth-order valence-corrected chi connectivity index (χ4v) is 2.97. The Morgan fingerprint density at radius 1 is 1.58 bits per heavy atom. The molecule has 0 aliphatic carbocycles. The summed E-state index contributed by atoms with van der Waals surface area (Å²) in [6.45, 7) is 1.05. The second-order valence-corrected chi connectivity index (χ2v) is 5.81. The van der Waals surface area contributed by atoms with Crippen LogP contribution in [0, 0.1) is 10.1 Å². The molecule has 0 amide bonds. The van der Waals surface area contributed by atoms with Gasteiger partial charge in [0.1, 0.15) is 18.6 Å². The van der Waals surface area contributed by atoms with Crippen LogP contribution in [0.3, 0.4) is 0 Å². The van der Waals surface area contributed by atoms with Crippen molar-refractivity contribution in [2.75, 3.05) is 27.1 Å². The fourth-order valence-electron chi connectivity index (χ4n) is 1.75. The molecule has 1 saturated heterocycles. The van der Waals surface area contributed by atoms with Crippen molar-refractivity contribution < 1.29 is 9.77 Å². The molecule has 0 aromatic heterocycles. The molecule has 0 aromatic carbocycles. The highest BCUT2D eigenvalue weighted by Gasteiger charge is 2.26. The van der Waals surface area contributed by atoms with Crippen LogP contribution in [0.2, 0.25) is 0 Å². The lowest BCUT2D eigenvalue weighted by Crippen LogP contribution is -2.50. The van der Waals surface area contributed by atoms with Crippen molar-refractivity contribution in [3.63, 3.8) is 0 Å². The first-order valence-corrected chi connectivity index (χ1v) is 6.75. The molecule has 7 nitrogen and oxygen atoms in total. The van der Waals surface area contributed by atoms with Gasteiger partial charge in [0.25, 0.3) is 5.96 Å². The van der Waals surface area contributed by atoms with Crippen molar-refractivity contribution in [2.24, 2.45) is 5.10 Å². The maximum atomic E-state index is 10.6. The number of hydrogen-bond acceptors (Lipinski definition) is 4. The van der Waals surface area contributed by atoms with Gasteiger partial charge >= 0.3 is 0 Å². The predicted octanol–water partition coefficient (Wildman–Crippen LogP) is 1.81. The highest BCUT2D eigenvalue weighted by atomic mass is 35.5. The van der Waals surface area contributed by atoms with Crippen LogP contribution < -0.4 is 0 Å². The van der Waals surface area contributed by atoms with Crippen molar-refractivity contribution in [3.05, 3.63) is 31.5 Å². The van der Waals surface area contributed by atoms with E-state index in [9.17, 15) is 10.1 Å². The molecule has 2 heterocycles. The lowest BCUT2D eigenvalue weighted by Gasteiger charge is -2.35. The average molecular weight is 305 g/mol. The Morgan fingerprint density at radius 2 is 2.37 bits per heavy atom. The minimum absolute atomic E-state index is 0.274. The molecule has 2 aliphatic heterocycles. The Kier molecular flexibility index (Phi) is 4.67. The summed E-state index contributed by atoms with van der Waals surface area (Å²) >= 11 is 7.41. The van der Waals surface area contributed by atoms with Crippen LogP contribution in [0.5, 0.6) is 0 Å². The van der Waals surface area contributed by atoms with Gasteiger partial charge in [-0.3, -0.25) is 0 Å². The number of nitro groups is 1. The summed E-state index contributed by atoms with van der Waals surface area (Å²) in [6.07, 6.45) is 4.73. The van der Waals surface area contributed by atoms with Crippen molar-refractivity contribution in [1.82, 2.24) is 9.80 Å². The Balaban J connectivity index is 2.08. The molecule has 0 bridgehead atoms. The number of hydrazone groups is 1. The van der Waals surface area contributed by atoms with E-state index in [4.69, 9.17) is 16.3 Å². The highest BCUT2D eigenvalue weighted by Crippen LogP contribution is 2.33. The lowest BCUT2D eigenvalue weighted by atomic mass is 10.3. The van der Waals surface area contributed by atoms with Gasteiger partial charge in [0.05, 0.1) is 10.9 Å². The van der Waals surface area contributed by atoms with Gasteiger partial charge in [-0.2, -0.15) is 0 Å². The average Bonchev–Trinajstić information content (AvgIpc) is 2.33. The van der Waals surface area contributed by atoms with E-state index in [0.29, 0.717) is 12.5 Å². The SMILES string of the molecule is CN1COCN(CC2=CCC=C(Cl)S2)/C1=N/[N+](=O)[O-]. The third-order valence-electron chi connectivity index (χ3n) is 2.53. The van der Waals surface area contributed by atoms with Gasteiger partial charge in [-0.05, 0) is 6.42 Å². The third-order valence-corrected chi connectivity index (χ3v) is 3.83. The maximum Gasteiger partial charge on any atom is 0.277 e. The normalized spacial score (nSPS) is 22.3. The van der Waals surface area contributed by atoms with E-state index >= 15 is 0 Å². The van der Waals surface area contributed by atoms with Crippen LogP contribution in [-0.4, -0.2) is 47.8 Å². The molecule has 9 heteroatoms. The van der Waals surface area contributed by atoms with Crippen molar-refractivity contribution in [2.45, 2.75) is 6.42 Å². The lowest BCUT2D eigenvalue weighted by molar-refractivity contribution is -0.486. The molecule has 2 aliphatic rings. The summed E-state index contributed by atoms with van der Waals surface area (Å²) in [5, 5.41) is 13.3. The summed E-state index contributed by atoms with van der Waals surface area (Å²) in [5.74, 6) is 0.295. The highest BCUT2D eigenvalue weighted by molar-refractivity contribution is 8.08. The Labute approximate surface area is 119 Å². The standard InChI is InChI=1S/C10H13ClN4O3S/c1-13-6-18-7-14(10(13)12-15(16)17)5-8-3-2-4-9(11)19-8/h3-4H,2,5-7H2,1H3/b12-10+. The van der Waals surface area contributed by atoms with E-state index in [1.165, 1.54) is 11.8 Å².